The highest BCUT2D eigenvalue weighted by Crippen LogP contribution is 2.29. The maximum Gasteiger partial charge on any atom is 0.421 e. The number of aromatic nitrogens is 2. The predicted molar refractivity (Wildman–Crippen MR) is 119 cm³/mol. The van der Waals surface area contributed by atoms with E-state index in [9.17, 15) is 13.2 Å². The number of carbonyl (C=O) groups excluding carboxylic acids is 1. The molecule has 2 aromatic carbocycles. The Bertz CT molecular complexity index is 1110. The van der Waals surface area contributed by atoms with Crippen molar-refractivity contribution in [3.8, 4) is 11.1 Å². The van der Waals surface area contributed by atoms with Crippen LogP contribution in [0.3, 0.4) is 0 Å². The second kappa shape index (κ2) is 10.3. The van der Waals surface area contributed by atoms with Gasteiger partial charge in [0.1, 0.15) is 0 Å². The standard InChI is InChI=1S/C23H27N3O4S/c1-3-5-6-18-9-12-22(31(28,29)25-23(27)30-4-2)21(15-18)20-10-7-19(8-11-20)16-26-14-13-24-17-26/h7-15,17H,3-6,16H2,1-2H3,(H,25,27). The summed E-state index contributed by atoms with van der Waals surface area (Å²) in [5, 5.41) is 0. The molecule has 31 heavy (non-hydrogen) atoms. The second-order valence-corrected chi connectivity index (χ2v) is 8.84. The summed E-state index contributed by atoms with van der Waals surface area (Å²) >= 11 is 0. The number of hydrogen-bond donors (Lipinski definition) is 1. The van der Waals surface area contributed by atoms with Gasteiger partial charge in [0.25, 0.3) is 10.0 Å². The van der Waals surface area contributed by atoms with E-state index in [1.807, 2.05) is 45.8 Å². The first-order valence-corrected chi connectivity index (χ1v) is 11.8. The first-order chi connectivity index (χ1) is 14.9. The molecule has 0 spiro atoms. The summed E-state index contributed by atoms with van der Waals surface area (Å²) in [7, 11) is -4.09. The molecular weight excluding hydrogens is 414 g/mol. The summed E-state index contributed by atoms with van der Waals surface area (Å²) < 4.78 is 34.5. The van der Waals surface area contributed by atoms with Crippen LogP contribution in [0.5, 0.6) is 0 Å². The van der Waals surface area contributed by atoms with Crippen LogP contribution in [0.15, 0.2) is 66.1 Å². The number of hydrogen-bond acceptors (Lipinski definition) is 5. The van der Waals surface area contributed by atoms with Crippen molar-refractivity contribution in [2.75, 3.05) is 6.61 Å². The molecule has 1 aromatic heterocycles. The van der Waals surface area contributed by atoms with E-state index in [4.69, 9.17) is 4.74 Å². The van der Waals surface area contributed by atoms with Crippen molar-refractivity contribution < 1.29 is 17.9 Å². The number of aryl methyl sites for hydroxylation is 1. The van der Waals surface area contributed by atoms with E-state index in [0.717, 1.165) is 36.0 Å². The Morgan fingerprint density at radius 1 is 1.10 bits per heavy atom. The molecule has 3 rings (SSSR count). The lowest BCUT2D eigenvalue weighted by molar-refractivity contribution is 0.158. The van der Waals surface area contributed by atoms with Gasteiger partial charge in [0, 0.05) is 24.5 Å². The molecule has 0 aliphatic heterocycles. The average Bonchev–Trinajstić information content (AvgIpc) is 3.25. The molecule has 0 saturated carbocycles. The van der Waals surface area contributed by atoms with Crippen LogP contribution < -0.4 is 4.72 Å². The number of ether oxygens (including phenoxy) is 1. The Morgan fingerprint density at radius 2 is 1.84 bits per heavy atom. The maximum atomic E-state index is 12.9. The van der Waals surface area contributed by atoms with Gasteiger partial charge in [-0.3, -0.25) is 0 Å². The van der Waals surface area contributed by atoms with Crippen molar-refractivity contribution in [2.24, 2.45) is 0 Å². The zero-order valence-electron chi connectivity index (χ0n) is 17.7. The summed E-state index contributed by atoms with van der Waals surface area (Å²) in [4.78, 5) is 15.9. The minimum absolute atomic E-state index is 0.0446. The number of carbonyl (C=O) groups is 1. The van der Waals surface area contributed by atoms with Crippen molar-refractivity contribution in [1.29, 1.82) is 0 Å². The largest absolute Gasteiger partial charge is 0.449 e. The van der Waals surface area contributed by atoms with Gasteiger partial charge in [-0.2, -0.15) is 0 Å². The van der Waals surface area contributed by atoms with Gasteiger partial charge in [0.05, 0.1) is 17.8 Å². The summed E-state index contributed by atoms with van der Waals surface area (Å²) in [6.07, 6.45) is 7.28. The fourth-order valence-corrected chi connectivity index (χ4v) is 4.38. The minimum atomic E-state index is -4.09. The third-order valence-electron chi connectivity index (χ3n) is 4.83. The third kappa shape index (κ3) is 5.95. The molecule has 0 aliphatic carbocycles. The SMILES string of the molecule is CCCCc1ccc(S(=O)(=O)NC(=O)OCC)c(-c2ccc(Cn3ccnc3)cc2)c1. The van der Waals surface area contributed by atoms with Crippen LogP contribution in [0, 0.1) is 0 Å². The maximum absolute atomic E-state index is 12.9. The Kier molecular flexibility index (Phi) is 7.46. The van der Waals surface area contributed by atoms with Crippen LogP contribution in [-0.4, -0.2) is 30.7 Å². The van der Waals surface area contributed by atoms with Crippen LogP contribution in [-0.2, 0) is 27.7 Å². The van der Waals surface area contributed by atoms with Gasteiger partial charge in [0.2, 0.25) is 0 Å². The third-order valence-corrected chi connectivity index (χ3v) is 6.21. The Hall–Kier alpha value is -3.13. The lowest BCUT2D eigenvalue weighted by atomic mass is 9.99. The molecule has 1 N–H and O–H groups in total. The van der Waals surface area contributed by atoms with Crippen molar-refractivity contribution in [3.63, 3.8) is 0 Å². The average molecular weight is 442 g/mol. The number of benzene rings is 2. The highest BCUT2D eigenvalue weighted by molar-refractivity contribution is 7.90. The fraction of sp³-hybridized carbons (Fsp3) is 0.304. The van der Waals surface area contributed by atoms with E-state index in [-0.39, 0.29) is 11.5 Å². The van der Waals surface area contributed by atoms with Gasteiger partial charge in [-0.25, -0.2) is 22.9 Å². The fourth-order valence-electron chi connectivity index (χ4n) is 3.28. The van der Waals surface area contributed by atoms with Crippen LogP contribution in [0.2, 0.25) is 0 Å². The number of sulfonamides is 1. The van der Waals surface area contributed by atoms with Gasteiger partial charge in [-0.05, 0) is 48.6 Å². The molecule has 164 valence electrons. The Morgan fingerprint density at radius 3 is 2.48 bits per heavy atom. The molecule has 0 atom stereocenters. The molecule has 0 radical (unpaired) electrons. The van der Waals surface area contributed by atoms with Gasteiger partial charge in [-0.1, -0.05) is 43.7 Å². The van der Waals surface area contributed by atoms with E-state index in [0.29, 0.717) is 12.1 Å². The highest BCUT2D eigenvalue weighted by atomic mass is 32.2. The number of nitrogens with one attached hydrogen (secondary N) is 1. The topological polar surface area (TPSA) is 90.3 Å². The van der Waals surface area contributed by atoms with Crippen LogP contribution >= 0.6 is 0 Å². The zero-order valence-corrected chi connectivity index (χ0v) is 18.6. The number of imidazole rings is 1. The smallest absolute Gasteiger partial charge is 0.421 e. The van der Waals surface area contributed by atoms with Crippen molar-refractivity contribution in [2.45, 2.75) is 44.6 Å². The second-order valence-electron chi connectivity index (χ2n) is 7.19. The van der Waals surface area contributed by atoms with Gasteiger partial charge >= 0.3 is 6.09 Å². The lowest BCUT2D eigenvalue weighted by Gasteiger charge is -2.14. The molecule has 0 bridgehead atoms. The molecule has 1 amide bonds. The Labute approximate surface area is 183 Å². The lowest BCUT2D eigenvalue weighted by Crippen LogP contribution is -2.31. The van der Waals surface area contributed by atoms with Crippen molar-refractivity contribution >= 4 is 16.1 Å². The van der Waals surface area contributed by atoms with Crippen LogP contribution in [0.4, 0.5) is 4.79 Å². The Balaban J connectivity index is 1.96. The number of rotatable bonds is 9. The van der Waals surface area contributed by atoms with E-state index >= 15 is 0 Å². The summed E-state index contributed by atoms with van der Waals surface area (Å²) in [6.45, 7) is 4.49. The summed E-state index contributed by atoms with van der Waals surface area (Å²) in [6, 6.07) is 13.0. The summed E-state index contributed by atoms with van der Waals surface area (Å²) in [5.41, 5.74) is 3.43. The van der Waals surface area contributed by atoms with Gasteiger partial charge in [-0.15, -0.1) is 0 Å². The molecular formula is C23H27N3O4S. The minimum Gasteiger partial charge on any atom is -0.449 e. The highest BCUT2D eigenvalue weighted by Gasteiger charge is 2.23. The quantitative estimate of drug-likeness (QED) is 0.532. The van der Waals surface area contributed by atoms with Gasteiger partial charge < -0.3 is 9.30 Å². The van der Waals surface area contributed by atoms with Crippen molar-refractivity contribution in [3.05, 3.63) is 72.3 Å². The first kappa shape index (κ1) is 22.6. The van der Waals surface area contributed by atoms with E-state index in [1.165, 1.54) is 0 Å². The van der Waals surface area contributed by atoms with E-state index in [2.05, 4.69) is 11.9 Å². The molecule has 1 heterocycles. The van der Waals surface area contributed by atoms with Crippen LogP contribution in [0.25, 0.3) is 11.1 Å². The van der Waals surface area contributed by atoms with E-state index in [1.54, 1.807) is 31.6 Å². The molecule has 0 unspecified atom stereocenters. The molecule has 0 fully saturated rings. The molecule has 3 aromatic rings. The van der Waals surface area contributed by atoms with E-state index < -0.39 is 16.1 Å². The van der Waals surface area contributed by atoms with Crippen LogP contribution in [0.1, 0.15) is 37.8 Å². The predicted octanol–water partition coefficient (Wildman–Crippen LogP) is 4.38. The molecule has 0 aliphatic rings. The monoisotopic (exact) mass is 441 g/mol. The van der Waals surface area contributed by atoms with Crippen molar-refractivity contribution in [1.82, 2.24) is 14.3 Å². The normalized spacial score (nSPS) is 11.3. The zero-order chi connectivity index (χ0) is 22.3. The number of nitrogens with zero attached hydrogens (tertiary/aromatic N) is 2. The summed E-state index contributed by atoms with van der Waals surface area (Å²) in [5.74, 6) is 0. The molecule has 7 nitrogen and oxygen atoms in total. The number of amides is 1. The molecule has 8 heteroatoms. The molecule has 0 saturated heterocycles. The first-order valence-electron chi connectivity index (χ1n) is 10.3. The number of unbranched alkanes of at least 4 members (excludes halogenated alkanes) is 1. The van der Waals surface area contributed by atoms with Gasteiger partial charge in [0.15, 0.2) is 0 Å².